The van der Waals surface area contributed by atoms with E-state index in [1.54, 1.807) is 0 Å². The first-order chi connectivity index (χ1) is 6.83. The van der Waals surface area contributed by atoms with Crippen molar-refractivity contribution in [3.05, 3.63) is 18.2 Å². The van der Waals surface area contributed by atoms with E-state index in [2.05, 4.69) is 21.4 Å². The minimum atomic E-state index is 0.708. The number of likely N-dealkylation sites (tertiary alicyclic amines) is 1. The maximum absolute atomic E-state index is 5.58. The van der Waals surface area contributed by atoms with Gasteiger partial charge in [0.2, 0.25) is 0 Å². The van der Waals surface area contributed by atoms with E-state index in [9.17, 15) is 0 Å². The van der Waals surface area contributed by atoms with Gasteiger partial charge in [0.25, 0.3) is 0 Å². The summed E-state index contributed by atoms with van der Waals surface area (Å²) in [7, 11) is 0. The van der Waals surface area contributed by atoms with Crippen LogP contribution in [0.25, 0.3) is 0 Å². The molecule has 4 heteroatoms. The lowest BCUT2D eigenvalue weighted by atomic mass is 10.0. The second-order valence-corrected chi connectivity index (χ2v) is 3.93. The van der Waals surface area contributed by atoms with E-state index in [-0.39, 0.29) is 0 Å². The van der Waals surface area contributed by atoms with Crippen LogP contribution in [0.5, 0.6) is 0 Å². The molecule has 78 valence electrons. The fraction of sp³-hybridized carbons (Fsp3) is 0.700. The van der Waals surface area contributed by atoms with Gasteiger partial charge in [-0.25, -0.2) is 4.98 Å². The SMILES string of the molecule is CCn1ccnc1CN1CC(CN)C1. The first-order valence-corrected chi connectivity index (χ1v) is 5.26. The third-order valence-electron chi connectivity index (χ3n) is 2.87. The third-order valence-corrected chi connectivity index (χ3v) is 2.87. The van der Waals surface area contributed by atoms with Crippen LogP contribution in [-0.2, 0) is 13.1 Å². The van der Waals surface area contributed by atoms with Gasteiger partial charge in [0.1, 0.15) is 5.82 Å². The molecule has 0 radical (unpaired) electrons. The lowest BCUT2D eigenvalue weighted by Crippen LogP contribution is -2.49. The molecule has 0 amide bonds. The number of rotatable bonds is 4. The standard InChI is InChI=1S/C10H18N4/c1-2-14-4-3-12-10(14)8-13-6-9(5-11)7-13/h3-4,9H,2,5-8,11H2,1H3. The van der Waals surface area contributed by atoms with Crippen molar-refractivity contribution in [1.82, 2.24) is 14.5 Å². The number of hydrogen-bond donors (Lipinski definition) is 1. The van der Waals surface area contributed by atoms with E-state index >= 15 is 0 Å². The van der Waals surface area contributed by atoms with Gasteiger partial charge in [-0.2, -0.15) is 0 Å². The summed E-state index contributed by atoms with van der Waals surface area (Å²) < 4.78 is 2.19. The fourth-order valence-corrected chi connectivity index (χ4v) is 1.93. The summed E-state index contributed by atoms with van der Waals surface area (Å²) in [5, 5.41) is 0. The zero-order chi connectivity index (χ0) is 9.97. The lowest BCUT2D eigenvalue weighted by Gasteiger charge is -2.38. The minimum absolute atomic E-state index is 0.708. The zero-order valence-corrected chi connectivity index (χ0v) is 8.69. The maximum Gasteiger partial charge on any atom is 0.122 e. The van der Waals surface area contributed by atoms with Gasteiger partial charge in [0, 0.05) is 32.0 Å². The van der Waals surface area contributed by atoms with Crippen LogP contribution in [0, 0.1) is 5.92 Å². The van der Waals surface area contributed by atoms with Crippen LogP contribution in [0.1, 0.15) is 12.7 Å². The molecule has 1 aliphatic rings. The van der Waals surface area contributed by atoms with Gasteiger partial charge >= 0.3 is 0 Å². The van der Waals surface area contributed by atoms with Crippen molar-refractivity contribution in [2.24, 2.45) is 11.7 Å². The van der Waals surface area contributed by atoms with E-state index in [0.29, 0.717) is 5.92 Å². The molecule has 14 heavy (non-hydrogen) atoms. The van der Waals surface area contributed by atoms with Crippen LogP contribution in [-0.4, -0.2) is 34.1 Å². The van der Waals surface area contributed by atoms with Crippen molar-refractivity contribution in [3.63, 3.8) is 0 Å². The highest BCUT2D eigenvalue weighted by molar-refractivity contribution is 4.94. The number of imidazole rings is 1. The molecule has 0 atom stereocenters. The van der Waals surface area contributed by atoms with Crippen LogP contribution in [0.15, 0.2) is 12.4 Å². The first kappa shape index (κ1) is 9.68. The minimum Gasteiger partial charge on any atom is -0.334 e. The molecule has 2 heterocycles. The number of nitrogens with two attached hydrogens (primary N) is 1. The summed E-state index contributed by atoms with van der Waals surface area (Å²) >= 11 is 0. The molecular formula is C10H18N4. The summed E-state index contributed by atoms with van der Waals surface area (Å²) in [5.74, 6) is 1.88. The summed E-state index contributed by atoms with van der Waals surface area (Å²) in [6, 6.07) is 0. The molecule has 4 nitrogen and oxygen atoms in total. The molecule has 0 aliphatic carbocycles. The molecule has 1 fully saturated rings. The average molecular weight is 194 g/mol. The predicted octanol–water partition coefficient (Wildman–Crippen LogP) is 0.293. The highest BCUT2D eigenvalue weighted by Crippen LogP contribution is 2.16. The van der Waals surface area contributed by atoms with Crippen molar-refractivity contribution < 1.29 is 0 Å². The van der Waals surface area contributed by atoms with Crippen molar-refractivity contribution in [2.45, 2.75) is 20.0 Å². The molecule has 0 saturated carbocycles. The van der Waals surface area contributed by atoms with Crippen molar-refractivity contribution in [2.75, 3.05) is 19.6 Å². The Morgan fingerprint density at radius 3 is 3.00 bits per heavy atom. The molecular weight excluding hydrogens is 176 g/mol. The van der Waals surface area contributed by atoms with Crippen molar-refractivity contribution in [1.29, 1.82) is 0 Å². The molecule has 0 unspecified atom stereocenters. The molecule has 2 rings (SSSR count). The molecule has 2 N–H and O–H groups in total. The van der Waals surface area contributed by atoms with Crippen LogP contribution in [0.2, 0.25) is 0 Å². The number of nitrogens with zero attached hydrogens (tertiary/aromatic N) is 3. The second kappa shape index (κ2) is 4.11. The van der Waals surface area contributed by atoms with E-state index in [0.717, 1.165) is 32.7 Å². The highest BCUT2D eigenvalue weighted by Gasteiger charge is 2.25. The Kier molecular flexibility index (Phi) is 2.84. The number of aryl methyl sites for hydroxylation is 1. The van der Waals surface area contributed by atoms with Gasteiger partial charge in [0.15, 0.2) is 0 Å². The zero-order valence-electron chi connectivity index (χ0n) is 8.69. The number of hydrogen-bond acceptors (Lipinski definition) is 3. The van der Waals surface area contributed by atoms with E-state index < -0.39 is 0 Å². The Bertz CT molecular complexity index is 288. The quantitative estimate of drug-likeness (QED) is 0.749. The Morgan fingerprint density at radius 2 is 2.36 bits per heavy atom. The normalized spacial score (nSPS) is 18.4. The Balaban J connectivity index is 1.86. The monoisotopic (exact) mass is 194 g/mol. The van der Waals surface area contributed by atoms with E-state index in [4.69, 9.17) is 5.73 Å². The van der Waals surface area contributed by atoms with Crippen LogP contribution < -0.4 is 5.73 Å². The molecule has 1 aliphatic heterocycles. The van der Waals surface area contributed by atoms with Gasteiger partial charge in [0.05, 0.1) is 6.54 Å². The summed E-state index contributed by atoms with van der Waals surface area (Å²) in [6.07, 6.45) is 3.91. The van der Waals surface area contributed by atoms with Gasteiger partial charge in [-0.05, 0) is 19.4 Å². The summed E-state index contributed by atoms with van der Waals surface area (Å²) in [6.45, 7) is 7.20. The van der Waals surface area contributed by atoms with Gasteiger partial charge in [-0.1, -0.05) is 0 Å². The van der Waals surface area contributed by atoms with Crippen LogP contribution in [0.4, 0.5) is 0 Å². The average Bonchev–Trinajstić information content (AvgIpc) is 2.57. The molecule has 0 aromatic carbocycles. The Labute approximate surface area is 84.7 Å². The topological polar surface area (TPSA) is 47.1 Å². The van der Waals surface area contributed by atoms with Crippen LogP contribution in [0.3, 0.4) is 0 Å². The van der Waals surface area contributed by atoms with Crippen LogP contribution >= 0.6 is 0 Å². The predicted molar refractivity (Wildman–Crippen MR) is 55.7 cm³/mol. The molecule has 1 aromatic heterocycles. The van der Waals surface area contributed by atoms with Gasteiger partial charge in [-0.3, -0.25) is 4.90 Å². The molecule has 1 saturated heterocycles. The molecule has 1 aromatic rings. The summed E-state index contributed by atoms with van der Waals surface area (Å²) in [4.78, 5) is 6.74. The maximum atomic E-state index is 5.58. The second-order valence-electron chi connectivity index (χ2n) is 3.93. The van der Waals surface area contributed by atoms with Gasteiger partial charge in [-0.15, -0.1) is 0 Å². The Hall–Kier alpha value is -0.870. The van der Waals surface area contributed by atoms with Gasteiger partial charge < -0.3 is 10.3 Å². The lowest BCUT2D eigenvalue weighted by molar-refractivity contribution is 0.0936. The molecule has 0 spiro atoms. The smallest absolute Gasteiger partial charge is 0.122 e. The van der Waals surface area contributed by atoms with E-state index in [1.165, 1.54) is 5.82 Å². The molecule has 0 bridgehead atoms. The third kappa shape index (κ3) is 1.81. The number of aromatic nitrogens is 2. The van der Waals surface area contributed by atoms with Crippen molar-refractivity contribution in [3.8, 4) is 0 Å². The highest BCUT2D eigenvalue weighted by atomic mass is 15.2. The fourth-order valence-electron chi connectivity index (χ4n) is 1.93. The first-order valence-electron chi connectivity index (χ1n) is 5.26. The Morgan fingerprint density at radius 1 is 1.57 bits per heavy atom. The largest absolute Gasteiger partial charge is 0.334 e. The van der Waals surface area contributed by atoms with E-state index in [1.807, 2.05) is 12.4 Å². The van der Waals surface area contributed by atoms with Crippen molar-refractivity contribution >= 4 is 0 Å². The summed E-state index contributed by atoms with van der Waals surface area (Å²) in [5.41, 5.74) is 5.58.